The summed E-state index contributed by atoms with van der Waals surface area (Å²) in [5.41, 5.74) is 0. The maximum atomic E-state index is 3.31. The fraction of sp³-hybridized carbons (Fsp3) is 0.778. The summed E-state index contributed by atoms with van der Waals surface area (Å²) in [7, 11) is 0. The van der Waals surface area contributed by atoms with Crippen LogP contribution in [0.15, 0.2) is 11.1 Å². The molecule has 0 spiro atoms. The van der Waals surface area contributed by atoms with Gasteiger partial charge >= 0.3 is 0 Å². The number of hydrogen-bond acceptors (Lipinski definition) is 0. The molecule has 0 saturated heterocycles. The summed E-state index contributed by atoms with van der Waals surface area (Å²) in [4.78, 5) is 1.97. The molecular formula is C9H17Br. The van der Waals surface area contributed by atoms with E-state index in [0.717, 1.165) is 11.8 Å². The van der Waals surface area contributed by atoms with Crippen LogP contribution in [-0.2, 0) is 0 Å². The molecule has 1 heteroatoms. The molecule has 0 radical (unpaired) electrons. The lowest BCUT2D eigenvalue weighted by molar-refractivity contribution is 0.356. The summed E-state index contributed by atoms with van der Waals surface area (Å²) >= 11 is 3.31. The molecule has 0 aliphatic carbocycles. The van der Waals surface area contributed by atoms with Crippen molar-refractivity contribution < 1.29 is 0 Å². The van der Waals surface area contributed by atoms with E-state index in [1.165, 1.54) is 0 Å². The van der Waals surface area contributed by atoms with Crippen molar-refractivity contribution in [3.05, 3.63) is 11.1 Å². The largest absolute Gasteiger partial charge is 0.0740 e. The zero-order chi connectivity index (χ0) is 8.15. The van der Waals surface area contributed by atoms with Crippen molar-refractivity contribution in [1.82, 2.24) is 0 Å². The van der Waals surface area contributed by atoms with Crippen molar-refractivity contribution >= 4 is 15.9 Å². The zero-order valence-corrected chi connectivity index (χ0v) is 8.85. The van der Waals surface area contributed by atoms with Gasteiger partial charge in [-0.3, -0.25) is 0 Å². The normalized spacial score (nSPS) is 12.8. The van der Waals surface area contributed by atoms with Crippen molar-refractivity contribution in [2.75, 3.05) is 0 Å². The van der Waals surface area contributed by atoms with E-state index in [0.29, 0.717) is 5.92 Å². The van der Waals surface area contributed by atoms with E-state index in [-0.39, 0.29) is 0 Å². The lowest BCUT2D eigenvalue weighted by Crippen LogP contribution is -2.12. The van der Waals surface area contributed by atoms with Crippen LogP contribution >= 0.6 is 15.9 Å². The van der Waals surface area contributed by atoms with Crippen LogP contribution in [0.5, 0.6) is 0 Å². The molecule has 0 aromatic rings. The molecule has 0 saturated carbocycles. The smallest absolute Gasteiger partial charge is 0.0179 e. The first-order valence-corrected chi connectivity index (χ1v) is 4.78. The summed E-state index contributed by atoms with van der Waals surface area (Å²) in [5, 5.41) is 0. The van der Waals surface area contributed by atoms with E-state index < -0.39 is 0 Å². The van der Waals surface area contributed by atoms with Crippen molar-refractivity contribution in [3.8, 4) is 0 Å². The Kier molecular flexibility index (Phi) is 5.06. The van der Waals surface area contributed by atoms with Gasteiger partial charge in [0.1, 0.15) is 0 Å². The van der Waals surface area contributed by atoms with Crippen LogP contribution in [0, 0.1) is 17.8 Å². The molecule has 0 aliphatic heterocycles. The molecule has 0 nitrogen and oxygen atoms in total. The fourth-order valence-electron chi connectivity index (χ4n) is 1.30. The second-order valence-corrected chi connectivity index (χ2v) is 3.91. The quantitative estimate of drug-likeness (QED) is 0.656. The van der Waals surface area contributed by atoms with Gasteiger partial charge in [-0.2, -0.15) is 0 Å². The van der Waals surface area contributed by atoms with E-state index in [4.69, 9.17) is 0 Å². The maximum absolute atomic E-state index is 3.31. The van der Waals surface area contributed by atoms with Gasteiger partial charge in [-0.1, -0.05) is 49.7 Å². The van der Waals surface area contributed by atoms with Gasteiger partial charge < -0.3 is 0 Å². The van der Waals surface area contributed by atoms with Gasteiger partial charge in [0, 0.05) is 0 Å². The fourth-order valence-corrected chi connectivity index (χ4v) is 1.65. The average Bonchev–Trinajstić information content (AvgIpc) is 1.81. The van der Waals surface area contributed by atoms with Gasteiger partial charge in [-0.15, -0.1) is 0 Å². The Morgan fingerprint density at radius 3 is 1.50 bits per heavy atom. The lowest BCUT2D eigenvalue weighted by Gasteiger charge is -2.20. The van der Waals surface area contributed by atoms with E-state index >= 15 is 0 Å². The van der Waals surface area contributed by atoms with Crippen molar-refractivity contribution in [3.63, 3.8) is 0 Å². The van der Waals surface area contributed by atoms with Gasteiger partial charge in [0.05, 0.1) is 0 Å². The molecule has 10 heavy (non-hydrogen) atoms. The van der Waals surface area contributed by atoms with E-state index in [9.17, 15) is 0 Å². The second-order valence-electron chi connectivity index (χ2n) is 3.38. The van der Waals surface area contributed by atoms with Crippen LogP contribution in [0.1, 0.15) is 27.7 Å². The highest BCUT2D eigenvalue weighted by atomic mass is 79.9. The highest BCUT2D eigenvalue weighted by Crippen LogP contribution is 2.21. The third-order valence-corrected chi connectivity index (χ3v) is 2.14. The van der Waals surface area contributed by atoms with Crippen molar-refractivity contribution in [2.24, 2.45) is 17.8 Å². The summed E-state index contributed by atoms with van der Waals surface area (Å²) in [5.74, 6) is 2.20. The van der Waals surface area contributed by atoms with Gasteiger partial charge in [-0.25, -0.2) is 0 Å². The Bertz CT molecular complexity index is 95.3. The van der Waals surface area contributed by atoms with Crippen LogP contribution in [-0.4, -0.2) is 0 Å². The predicted molar refractivity (Wildman–Crippen MR) is 51.2 cm³/mol. The second kappa shape index (κ2) is 4.95. The molecule has 0 unspecified atom stereocenters. The first-order chi connectivity index (χ1) is 4.59. The number of hydrogen-bond donors (Lipinski definition) is 0. The summed E-state index contributed by atoms with van der Waals surface area (Å²) < 4.78 is 0. The summed E-state index contributed by atoms with van der Waals surface area (Å²) in [6, 6.07) is 0. The first-order valence-electron chi connectivity index (χ1n) is 3.86. The zero-order valence-electron chi connectivity index (χ0n) is 7.26. The SMILES string of the molecule is CC(C)C(C=CBr)C(C)C. The highest BCUT2D eigenvalue weighted by Gasteiger charge is 2.12. The topological polar surface area (TPSA) is 0 Å². The Hall–Kier alpha value is 0.220. The predicted octanol–water partition coefficient (Wildman–Crippen LogP) is 3.82. The van der Waals surface area contributed by atoms with Gasteiger partial charge in [0.25, 0.3) is 0 Å². The third-order valence-electron chi connectivity index (χ3n) is 1.83. The highest BCUT2D eigenvalue weighted by molar-refractivity contribution is 9.11. The van der Waals surface area contributed by atoms with Crippen molar-refractivity contribution in [1.29, 1.82) is 0 Å². The minimum absolute atomic E-state index is 0.708. The van der Waals surface area contributed by atoms with Gasteiger partial charge in [-0.05, 0) is 22.7 Å². The number of rotatable bonds is 3. The van der Waals surface area contributed by atoms with Crippen LogP contribution in [0.25, 0.3) is 0 Å². The van der Waals surface area contributed by atoms with Crippen LogP contribution < -0.4 is 0 Å². The number of halogens is 1. The van der Waals surface area contributed by atoms with Gasteiger partial charge in [0.2, 0.25) is 0 Å². The van der Waals surface area contributed by atoms with E-state index in [2.05, 4.69) is 49.7 Å². The average molecular weight is 205 g/mol. The standard InChI is InChI=1S/C9H17Br/c1-7(2)9(5-6-10)8(3)4/h5-9H,1-4H3. The minimum Gasteiger partial charge on any atom is -0.0740 e. The van der Waals surface area contributed by atoms with E-state index in [1.807, 2.05) is 4.99 Å². The van der Waals surface area contributed by atoms with Crippen molar-refractivity contribution in [2.45, 2.75) is 27.7 Å². The lowest BCUT2D eigenvalue weighted by atomic mass is 9.86. The molecule has 0 atom stereocenters. The Labute approximate surface area is 72.8 Å². The Balaban J connectivity index is 3.98. The van der Waals surface area contributed by atoms with Crippen LogP contribution in [0.3, 0.4) is 0 Å². The molecule has 0 bridgehead atoms. The number of allylic oxidation sites excluding steroid dienone is 1. The first kappa shape index (κ1) is 10.2. The molecule has 0 rings (SSSR count). The molecule has 60 valence electrons. The summed E-state index contributed by atoms with van der Waals surface area (Å²) in [6.07, 6.45) is 2.23. The monoisotopic (exact) mass is 204 g/mol. The van der Waals surface area contributed by atoms with Gasteiger partial charge in [0.15, 0.2) is 0 Å². The molecular weight excluding hydrogens is 188 g/mol. The molecule has 0 aromatic heterocycles. The van der Waals surface area contributed by atoms with Crippen LogP contribution in [0.4, 0.5) is 0 Å². The molecule has 0 amide bonds. The molecule has 0 aliphatic rings. The molecule has 0 fully saturated rings. The maximum Gasteiger partial charge on any atom is -0.0179 e. The van der Waals surface area contributed by atoms with E-state index in [1.54, 1.807) is 0 Å². The summed E-state index contributed by atoms with van der Waals surface area (Å²) in [6.45, 7) is 9.05. The van der Waals surface area contributed by atoms with Crippen LogP contribution in [0.2, 0.25) is 0 Å². The Morgan fingerprint density at radius 2 is 1.40 bits per heavy atom. The molecule has 0 aromatic carbocycles. The molecule has 0 heterocycles. The third kappa shape index (κ3) is 3.40. The minimum atomic E-state index is 0.708. The Morgan fingerprint density at radius 1 is 1.00 bits per heavy atom. The molecule has 0 N–H and O–H groups in total.